The summed E-state index contributed by atoms with van der Waals surface area (Å²) < 4.78 is 13.2. The van der Waals surface area contributed by atoms with Crippen LogP contribution in [0.2, 0.25) is 0 Å². The van der Waals surface area contributed by atoms with Crippen molar-refractivity contribution in [3.63, 3.8) is 0 Å². The Bertz CT molecular complexity index is 541. The standard InChI is InChI=1S/C11H9FN4O/c12-9-6-14-4-3-8(9)11(17)16-10-2-1-7(13)5-15-10/h1-6H,13H2,(H,15,16,17). The lowest BCUT2D eigenvalue weighted by atomic mass is 10.2. The SMILES string of the molecule is Nc1ccc(NC(=O)c2ccncc2F)nc1. The van der Waals surface area contributed by atoms with E-state index in [0.29, 0.717) is 11.5 Å². The molecule has 2 rings (SSSR count). The van der Waals surface area contributed by atoms with E-state index in [1.54, 1.807) is 6.07 Å². The Morgan fingerprint density at radius 2 is 2.12 bits per heavy atom. The third-order valence-corrected chi connectivity index (χ3v) is 2.05. The number of rotatable bonds is 2. The van der Waals surface area contributed by atoms with E-state index >= 15 is 0 Å². The van der Waals surface area contributed by atoms with Crippen molar-refractivity contribution in [3.05, 3.63) is 48.2 Å². The monoisotopic (exact) mass is 232 g/mol. The number of hydrogen-bond acceptors (Lipinski definition) is 4. The maximum atomic E-state index is 13.2. The molecule has 1 amide bonds. The highest BCUT2D eigenvalue weighted by Gasteiger charge is 2.11. The second kappa shape index (κ2) is 4.56. The molecule has 5 nitrogen and oxygen atoms in total. The fourth-order valence-electron chi connectivity index (χ4n) is 1.22. The molecule has 0 atom stereocenters. The summed E-state index contributed by atoms with van der Waals surface area (Å²) in [7, 11) is 0. The molecule has 2 aromatic heterocycles. The smallest absolute Gasteiger partial charge is 0.259 e. The highest BCUT2D eigenvalue weighted by Crippen LogP contribution is 2.10. The molecule has 3 N–H and O–H groups in total. The van der Waals surface area contributed by atoms with Gasteiger partial charge in [-0.3, -0.25) is 9.78 Å². The van der Waals surface area contributed by atoms with Crippen molar-refractivity contribution in [3.8, 4) is 0 Å². The van der Waals surface area contributed by atoms with Crippen LogP contribution in [0.5, 0.6) is 0 Å². The van der Waals surface area contributed by atoms with Gasteiger partial charge in [-0.15, -0.1) is 0 Å². The predicted octanol–water partition coefficient (Wildman–Crippen LogP) is 1.45. The zero-order valence-corrected chi connectivity index (χ0v) is 8.72. The van der Waals surface area contributed by atoms with Gasteiger partial charge < -0.3 is 11.1 Å². The molecule has 0 aliphatic heterocycles. The van der Waals surface area contributed by atoms with Crippen LogP contribution in [0.4, 0.5) is 15.9 Å². The van der Waals surface area contributed by atoms with Gasteiger partial charge in [0.15, 0.2) is 5.82 Å². The van der Waals surface area contributed by atoms with Gasteiger partial charge in [-0.05, 0) is 18.2 Å². The minimum absolute atomic E-state index is 0.0846. The number of pyridine rings is 2. The molecule has 6 heteroatoms. The predicted molar refractivity (Wildman–Crippen MR) is 60.8 cm³/mol. The highest BCUT2D eigenvalue weighted by atomic mass is 19.1. The van der Waals surface area contributed by atoms with Gasteiger partial charge >= 0.3 is 0 Å². The summed E-state index contributed by atoms with van der Waals surface area (Å²) in [5.41, 5.74) is 5.85. The van der Waals surface area contributed by atoms with E-state index in [4.69, 9.17) is 5.73 Å². The Morgan fingerprint density at radius 1 is 1.29 bits per heavy atom. The van der Waals surface area contributed by atoms with E-state index in [2.05, 4.69) is 15.3 Å². The number of nitrogens with zero attached hydrogens (tertiary/aromatic N) is 2. The topological polar surface area (TPSA) is 80.9 Å². The fourth-order valence-corrected chi connectivity index (χ4v) is 1.22. The Labute approximate surface area is 96.5 Å². The molecule has 2 heterocycles. The van der Waals surface area contributed by atoms with Gasteiger partial charge in [-0.2, -0.15) is 0 Å². The minimum Gasteiger partial charge on any atom is -0.397 e. The molecule has 0 radical (unpaired) electrons. The van der Waals surface area contributed by atoms with Crippen LogP contribution in [0.15, 0.2) is 36.8 Å². The zero-order valence-electron chi connectivity index (χ0n) is 8.72. The minimum atomic E-state index is -0.680. The van der Waals surface area contributed by atoms with E-state index in [-0.39, 0.29) is 5.56 Å². The number of hydrogen-bond donors (Lipinski definition) is 2. The number of anilines is 2. The largest absolute Gasteiger partial charge is 0.397 e. The van der Waals surface area contributed by atoms with E-state index in [9.17, 15) is 9.18 Å². The first-order chi connectivity index (χ1) is 8.16. The van der Waals surface area contributed by atoms with Crippen LogP contribution in [0, 0.1) is 5.82 Å². The first-order valence-corrected chi connectivity index (χ1v) is 4.79. The van der Waals surface area contributed by atoms with Crippen molar-refractivity contribution in [2.45, 2.75) is 0 Å². The van der Waals surface area contributed by atoms with Crippen LogP contribution in [0.3, 0.4) is 0 Å². The van der Waals surface area contributed by atoms with Gasteiger partial charge in [0, 0.05) is 6.20 Å². The number of amides is 1. The van der Waals surface area contributed by atoms with Gasteiger partial charge in [0.25, 0.3) is 5.91 Å². The molecule has 2 aromatic rings. The number of halogens is 1. The van der Waals surface area contributed by atoms with Crippen LogP contribution in [-0.4, -0.2) is 15.9 Å². The molecule has 0 aliphatic rings. The molecule has 0 saturated carbocycles. The normalized spacial score (nSPS) is 9.94. The lowest BCUT2D eigenvalue weighted by molar-refractivity contribution is 0.102. The summed E-state index contributed by atoms with van der Waals surface area (Å²) in [4.78, 5) is 19.1. The van der Waals surface area contributed by atoms with Crippen molar-refractivity contribution in [1.29, 1.82) is 0 Å². The first kappa shape index (κ1) is 11.0. The highest BCUT2D eigenvalue weighted by molar-refractivity contribution is 6.03. The zero-order chi connectivity index (χ0) is 12.3. The van der Waals surface area contributed by atoms with E-state index < -0.39 is 11.7 Å². The molecule has 17 heavy (non-hydrogen) atoms. The third kappa shape index (κ3) is 2.54. The molecular formula is C11H9FN4O. The summed E-state index contributed by atoms with van der Waals surface area (Å²) in [5.74, 6) is -0.956. The number of aromatic nitrogens is 2. The van der Waals surface area contributed by atoms with E-state index in [1.807, 2.05) is 0 Å². The van der Waals surface area contributed by atoms with Crippen LogP contribution >= 0.6 is 0 Å². The number of carbonyl (C=O) groups is 1. The Kier molecular flexibility index (Phi) is 2.95. The number of carbonyl (C=O) groups excluding carboxylic acids is 1. The van der Waals surface area contributed by atoms with Gasteiger partial charge in [0.05, 0.1) is 23.6 Å². The molecular weight excluding hydrogens is 223 g/mol. The second-order valence-electron chi connectivity index (χ2n) is 3.29. The van der Waals surface area contributed by atoms with Crippen LogP contribution in [-0.2, 0) is 0 Å². The Balaban J connectivity index is 2.17. The fraction of sp³-hybridized carbons (Fsp3) is 0. The Hall–Kier alpha value is -2.50. The molecule has 0 spiro atoms. The van der Waals surface area contributed by atoms with Crippen molar-refractivity contribution < 1.29 is 9.18 Å². The van der Waals surface area contributed by atoms with Crippen molar-refractivity contribution in [2.75, 3.05) is 11.1 Å². The molecule has 0 aliphatic carbocycles. The summed E-state index contributed by atoms with van der Waals surface area (Å²) in [6, 6.07) is 4.42. The number of nitrogens with one attached hydrogen (secondary N) is 1. The second-order valence-corrected chi connectivity index (χ2v) is 3.29. The van der Waals surface area contributed by atoms with Crippen LogP contribution < -0.4 is 11.1 Å². The molecule has 0 bridgehead atoms. The molecule has 0 fully saturated rings. The molecule has 86 valence electrons. The number of nitrogens with two attached hydrogens (primary N) is 1. The summed E-state index contributed by atoms with van der Waals surface area (Å²) in [5, 5.41) is 2.45. The van der Waals surface area contributed by atoms with Gasteiger partial charge in [-0.1, -0.05) is 0 Å². The molecule has 0 unspecified atom stereocenters. The maximum absolute atomic E-state index is 13.2. The van der Waals surface area contributed by atoms with Crippen LogP contribution in [0.25, 0.3) is 0 Å². The van der Waals surface area contributed by atoms with Gasteiger partial charge in [0.1, 0.15) is 5.82 Å². The summed E-state index contributed by atoms with van der Waals surface area (Å²) >= 11 is 0. The average Bonchev–Trinajstić information content (AvgIpc) is 2.32. The maximum Gasteiger partial charge on any atom is 0.259 e. The quantitative estimate of drug-likeness (QED) is 0.821. The summed E-state index contributed by atoms with van der Waals surface area (Å²) in [6.45, 7) is 0. The van der Waals surface area contributed by atoms with Crippen molar-refractivity contribution >= 4 is 17.4 Å². The lowest BCUT2D eigenvalue weighted by Crippen LogP contribution is -2.14. The van der Waals surface area contributed by atoms with Gasteiger partial charge in [0.2, 0.25) is 0 Å². The van der Waals surface area contributed by atoms with Gasteiger partial charge in [-0.25, -0.2) is 9.37 Å². The van der Waals surface area contributed by atoms with E-state index in [1.165, 1.54) is 24.5 Å². The summed E-state index contributed by atoms with van der Waals surface area (Å²) in [6.07, 6.45) is 3.72. The average molecular weight is 232 g/mol. The number of nitrogen functional groups attached to an aromatic ring is 1. The first-order valence-electron chi connectivity index (χ1n) is 4.79. The molecule has 0 saturated heterocycles. The van der Waals surface area contributed by atoms with Crippen LogP contribution in [0.1, 0.15) is 10.4 Å². The van der Waals surface area contributed by atoms with Crippen molar-refractivity contribution in [1.82, 2.24) is 9.97 Å². The lowest BCUT2D eigenvalue weighted by Gasteiger charge is -2.04. The third-order valence-electron chi connectivity index (χ3n) is 2.05. The Morgan fingerprint density at radius 3 is 2.76 bits per heavy atom. The van der Waals surface area contributed by atoms with Crippen molar-refractivity contribution in [2.24, 2.45) is 0 Å². The van der Waals surface area contributed by atoms with E-state index in [0.717, 1.165) is 6.20 Å². The molecule has 0 aromatic carbocycles.